The summed E-state index contributed by atoms with van der Waals surface area (Å²) < 4.78 is 9.21. The Morgan fingerprint density at radius 3 is 1.47 bits per heavy atom. The number of rotatable bonds is 3. The second kappa shape index (κ2) is 7.98. The van der Waals surface area contributed by atoms with Gasteiger partial charge in [0.05, 0.1) is 51.3 Å². The van der Waals surface area contributed by atoms with Crippen molar-refractivity contribution in [3.05, 3.63) is 0 Å². The summed E-state index contributed by atoms with van der Waals surface area (Å²) in [7, 11) is 0. The van der Waals surface area contributed by atoms with Gasteiger partial charge in [0.15, 0.2) is 0 Å². The molecule has 2 rings (SSSR count). The number of aliphatic hydroxyl groups is 3. The Labute approximate surface area is 89.6 Å². The minimum Gasteiger partial charge on any atom is -0.394 e. The average Bonchev–Trinajstić information content (AvgIpc) is 3.10. The summed E-state index contributed by atoms with van der Waals surface area (Å²) >= 11 is 0. The molecule has 2 aliphatic heterocycles. The third-order valence-corrected chi connectivity index (χ3v) is 1.65. The standard InChI is InChI=1S/C4H11NO3.C3H6O.C2H4O/c5-4(1-6,2-7)3-8;1-3-2-4-3;1-2-3-1/h6-8H,1-3,5H2;3H,2H2,1H3;1-2H2. The first kappa shape index (κ1) is 14.8. The molecule has 2 saturated heterocycles. The molecule has 0 aliphatic carbocycles. The van der Waals surface area contributed by atoms with Gasteiger partial charge in [0.25, 0.3) is 0 Å². The number of nitrogens with two attached hydrogens (primary N) is 1. The van der Waals surface area contributed by atoms with Gasteiger partial charge in [-0.2, -0.15) is 0 Å². The molecular weight excluding hydrogens is 202 g/mol. The van der Waals surface area contributed by atoms with Crippen molar-refractivity contribution in [3.8, 4) is 0 Å². The van der Waals surface area contributed by atoms with E-state index in [4.69, 9.17) is 25.8 Å². The van der Waals surface area contributed by atoms with Crippen LogP contribution >= 0.6 is 0 Å². The molecule has 0 amide bonds. The average molecular weight is 223 g/mol. The maximum absolute atomic E-state index is 8.34. The molecule has 0 spiro atoms. The highest BCUT2D eigenvalue weighted by atomic mass is 16.6. The fourth-order valence-electron chi connectivity index (χ4n) is 0.246. The molecule has 0 radical (unpaired) electrons. The minimum absolute atomic E-state index is 0.403. The molecule has 0 aromatic rings. The van der Waals surface area contributed by atoms with Crippen molar-refractivity contribution in [3.63, 3.8) is 0 Å². The fraction of sp³-hybridized carbons (Fsp3) is 1.00. The third kappa shape index (κ3) is 11.7. The number of hydrogen-bond donors (Lipinski definition) is 4. The lowest BCUT2D eigenvalue weighted by atomic mass is 10.1. The van der Waals surface area contributed by atoms with Gasteiger partial charge in [-0.3, -0.25) is 0 Å². The number of hydrogen-bond acceptors (Lipinski definition) is 6. The van der Waals surface area contributed by atoms with Crippen molar-refractivity contribution in [2.24, 2.45) is 5.73 Å². The Kier molecular flexibility index (Phi) is 7.85. The summed E-state index contributed by atoms with van der Waals surface area (Å²) in [5.41, 5.74) is 3.94. The van der Waals surface area contributed by atoms with E-state index >= 15 is 0 Å². The van der Waals surface area contributed by atoms with E-state index in [2.05, 4.69) is 11.7 Å². The zero-order valence-corrected chi connectivity index (χ0v) is 9.06. The van der Waals surface area contributed by atoms with E-state index in [0.717, 1.165) is 19.8 Å². The largest absolute Gasteiger partial charge is 0.394 e. The summed E-state index contributed by atoms with van der Waals surface area (Å²) in [4.78, 5) is 0. The van der Waals surface area contributed by atoms with Crippen molar-refractivity contribution in [1.82, 2.24) is 0 Å². The van der Waals surface area contributed by atoms with Gasteiger partial charge in [0, 0.05) is 0 Å². The number of epoxide rings is 2. The first-order chi connectivity index (χ1) is 7.08. The first-order valence-electron chi connectivity index (χ1n) is 4.89. The maximum atomic E-state index is 8.34. The number of aliphatic hydroxyl groups excluding tert-OH is 3. The Bertz CT molecular complexity index is 134. The van der Waals surface area contributed by atoms with Crippen LogP contribution in [0.1, 0.15) is 6.92 Å². The molecule has 1 unspecified atom stereocenters. The van der Waals surface area contributed by atoms with E-state index in [-0.39, 0.29) is 0 Å². The first-order valence-corrected chi connectivity index (χ1v) is 4.89. The van der Waals surface area contributed by atoms with Crippen LogP contribution in [-0.2, 0) is 9.47 Å². The molecule has 0 bridgehead atoms. The molecule has 6 nitrogen and oxygen atoms in total. The van der Waals surface area contributed by atoms with Gasteiger partial charge in [-0.05, 0) is 6.92 Å². The van der Waals surface area contributed by atoms with Crippen molar-refractivity contribution in [2.75, 3.05) is 39.6 Å². The Morgan fingerprint density at radius 2 is 1.47 bits per heavy atom. The second-order valence-electron chi connectivity index (χ2n) is 3.59. The molecule has 0 aromatic carbocycles. The molecule has 92 valence electrons. The molecule has 1 atom stereocenters. The van der Waals surface area contributed by atoms with E-state index in [1.54, 1.807) is 0 Å². The Hall–Kier alpha value is -0.240. The van der Waals surface area contributed by atoms with Crippen molar-refractivity contribution >= 4 is 0 Å². The van der Waals surface area contributed by atoms with Crippen LogP contribution in [0.4, 0.5) is 0 Å². The lowest BCUT2D eigenvalue weighted by Crippen LogP contribution is -2.50. The molecule has 2 heterocycles. The van der Waals surface area contributed by atoms with Crippen LogP contribution in [0.25, 0.3) is 0 Å². The van der Waals surface area contributed by atoms with E-state index in [1.807, 2.05) is 0 Å². The zero-order valence-electron chi connectivity index (χ0n) is 9.06. The summed E-state index contributed by atoms with van der Waals surface area (Å²) in [6.45, 7) is 3.83. The van der Waals surface area contributed by atoms with E-state index in [9.17, 15) is 0 Å². The predicted molar refractivity (Wildman–Crippen MR) is 54.4 cm³/mol. The third-order valence-electron chi connectivity index (χ3n) is 1.65. The van der Waals surface area contributed by atoms with E-state index in [1.165, 1.54) is 0 Å². The zero-order chi connectivity index (χ0) is 11.7. The van der Waals surface area contributed by atoms with Gasteiger partial charge >= 0.3 is 0 Å². The Balaban J connectivity index is 0.000000226. The highest BCUT2D eigenvalue weighted by molar-refractivity contribution is 4.80. The maximum Gasteiger partial charge on any atom is 0.0856 e. The van der Waals surface area contributed by atoms with Crippen LogP contribution in [0.2, 0.25) is 0 Å². The van der Waals surface area contributed by atoms with E-state index < -0.39 is 25.4 Å². The highest BCUT2D eigenvalue weighted by Gasteiger charge is 2.20. The fourth-order valence-corrected chi connectivity index (χ4v) is 0.246. The summed E-state index contributed by atoms with van der Waals surface area (Å²) in [6, 6.07) is 0. The van der Waals surface area contributed by atoms with Gasteiger partial charge in [0.2, 0.25) is 0 Å². The molecule has 2 aliphatic rings. The van der Waals surface area contributed by atoms with Crippen LogP contribution in [0.15, 0.2) is 0 Å². The van der Waals surface area contributed by atoms with Gasteiger partial charge in [-0.25, -0.2) is 0 Å². The topological polar surface area (TPSA) is 112 Å². The molecule has 0 aromatic heterocycles. The van der Waals surface area contributed by atoms with Crippen LogP contribution in [0, 0.1) is 0 Å². The lowest BCUT2D eigenvalue weighted by molar-refractivity contribution is 0.0698. The molecule has 5 N–H and O–H groups in total. The molecule has 2 fully saturated rings. The van der Waals surface area contributed by atoms with Crippen LogP contribution in [0.3, 0.4) is 0 Å². The van der Waals surface area contributed by atoms with Crippen molar-refractivity contribution in [1.29, 1.82) is 0 Å². The summed E-state index contributed by atoms with van der Waals surface area (Å²) in [5.74, 6) is 0. The number of ether oxygens (including phenoxy) is 2. The van der Waals surface area contributed by atoms with Crippen molar-refractivity contribution in [2.45, 2.75) is 18.6 Å². The van der Waals surface area contributed by atoms with Gasteiger partial charge in [-0.1, -0.05) is 0 Å². The van der Waals surface area contributed by atoms with Crippen LogP contribution < -0.4 is 5.73 Å². The molecule has 15 heavy (non-hydrogen) atoms. The van der Waals surface area contributed by atoms with Crippen molar-refractivity contribution < 1.29 is 24.8 Å². The lowest BCUT2D eigenvalue weighted by Gasteiger charge is -2.20. The van der Waals surface area contributed by atoms with Gasteiger partial charge in [0.1, 0.15) is 0 Å². The smallest absolute Gasteiger partial charge is 0.0856 e. The van der Waals surface area contributed by atoms with Crippen LogP contribution in [-0.4, -0.2) is 66.6 Å². The molecule has 0 saturated carbocycles. The van der Waals surface area contributed by atoms with Crippen LogP contribution in [0.5, 0.6) is 0 Å². The monoisotopic (exact) mass is 223 g/mol. The Morgan fingerprint density at radius 1 is 1.20 bits per heavy atom. The normalized spacial score (nSPS) is 21.8. The molecular formula is C9H21NO5. The second-order valence-corrected chi connectivity index (χ2v) is 3.59. The van der Waals surface area contributed by atoms with Gasteiger partial charge in [-0.15, -0.1) is 0 Å². The van der Waals surface area contributed by atoms with E-state index in [0.29, 0.717) is 6.10 Å². The van der Waals surface area contributed by atoms with Gasteiger partial charge < -0.3 is 30.5 Å². The summed E-state index contributed by atoms with van der Waals surface area (Å²) in [5, 5.41) is 25.0. The molecule has 6 heteroatoms. The summed E-state index contributed by atoms with van der Waals surface area (Å²) in [6.07, 6.45) is 0.583. The SMILES string of the molecule is C1CO1.CC1CO1.NC(CO)(CO)CO. The predicted octanol–water partition coefficient (Wildman–Crippen LogP) is -1.92. The quantitative estimate of drug-likeness (QED) is 0.415. The minimum atomic E-state index is -1.21. The highest BCUT2D eigenvalue weighted by Crippen LogP contribution is 2.04.